The van der Waals surface area contributed by atoms with E-state index in [0.717, 1.165) is 174 Å². The van der Waals surface area contributed by atoms with Crippen LogP contribution in [0, 0.1) is 0 Å². The summed E-state index contributed by atoms with van der Waals surface area (Å²) in [5, 5.41) is 17.6. The highest BCUT2D eigenvalue weighted by Crippen LogP contribution is 2.21. The number of hydrogen-bond acceptors (Lipinski definition) is 11. The van der Waals surface area contributed by atoms with Crippen molar-refractivity contribution in [2.24, 2.45) is 0 Å². The second-order valence-electron chi connectivity index (χ2n) is 26.7. The summed E-state index contributed by atoms with van der Waals surface area (Å²) < 4.78 is 16.9. The van der Waals surface area contributed by atoms with Crippen LogP contribution >= 0.6 is 0 Å². The molecule has 11 nitrogen and oxygen atoms in total. The van der Waals surface area contributed by atoms with Crippen LogP contribution in [0.25, 0.3) is 0 Å². The molecule has 94 heavy (non-hydrogen) atoms. The van der Waals surface area contributed by atoms with Crippen LogP contribution in [0.1, 0.15) is 335 Å². The summed E-state index contributed by atoms with van der Waals surface area (Å²) in [6.07, 6.45) is 90.7. The molecule has 0 heterocycles. The first kappa shape index (κ1) is 91.9. The largest absolute Gasteiger partial charge is 0.466 e. The predicted octanol–water partition coefficient (Wildman–Crippen LogP) is 22.0. The summed E-state index contributed by atoms with van der Waals surface area (Å²) in [7, 11) is 8.18. The highest BCUT2D eigenvalue weighted by atomic mass is 16.5. The van der Waals surface area contributed by atoms with Crippen LogP contribution in [0.3, 0.4) is 0 Å². The fraction of sp³-hybridized carbons (Fsp3) is 0.759. The molecule has 0 saturated heterocycles. The van der Waals surface area contributed by atoms with E-state index in [-0.39, 0.29) is 43.3 Å². The third-order valence-electron chi connectivity index (χ3n) is 16.6. The summed E-state index contributed by atoms with van der Waals surface area (Å²) in [6, 6.07) is 0. The van der Waals surface area contributed by atoms with Crippen LogP contribution < -0.4 is 0 Å². The van der Waals surface area contributed by atoms with Gasteiger partial charge in [-0.3, -0.25) is 14.4 Å². The average molecular weight is 1320 g/mol. The molecule has 1 unspecified atom stereocenters. The molecular formula is C83H148N2O9. The number of allylic oxidation sites excluding steroid dienone is 16. The lowest BCUT2D eigenvalue weighted by molar-refractivity contribution is -0.151. The molecule has 0 aliphatic carbocycles. The number of unbranched alkanes of at least 4 members (excludes halogenated alkanes) is 29. The van der Waals surface area contributed by atoms with Crippen molar-refractivity contribution in [2.75, 3.05) is 61.1 Å². The smallest absolute Gasteiger partial charge is 0.306 e. The van der Waals surface area contributed by atoms with Crippen molar-refractivity contribution in [2.45, 2.75) is 347 Å². The van der Waals surface area contributed by atoms with Gasteiger partial charge in [0.15, 0.2) is 0 Å². The van der Waals surface area contributed by atoms with Gasteiger partial charge >= 0.3 is 17.9 Å². The van der Waals surface area contributed by atoms with Crippen LogP contribution in [0.4, 0.5) is 0 Å². The van der Waals surface area contributed by atoms with Gasteiger partial charge in [0, 0.05) is 39.4 Å². The van der Waals surface area contributed by atoms with Crippen molar-refractivity contribution >= 4 is 23.7 Å². The zero-order valence-electron chi connectivity index (χ0n) is 61.9. The topological polar surface area (TPSA) is 143 Å². The lowest BCUT2D eigenvalue weighted by atomic mass is 10.0. The number of ketones is 1. The molecule has 0 radical (unpaired) electrons. The Morgan fingerprint density at radius 1 is 0.309 bits per heavy atom. The van der Waals surface area contributed by atoms with E-state index in [4.69, 9.17) is 24.4 Å². The highest BCUT2D eigenvalue weighted by molar-refractivity contribution is 5.75. The second-order valence-corrected chi connectivity index (χ2v) is 26.7. The van der Waals surface area contributed by atoms with E-state index in [2.05, 4.69) is 107 Å². The van der Waals surface area contributed by atoms with Gasteiger partial charge in [0.25, 0.3) is 0 Å². The van der Waals surface area contributed by atoms with E-state index in [1.807, 2.05) is 28.2 Å². The molecule has 0 bridgehead atoms. The Morgan fingerprint density at radius 3 is 0.830 bits per heavy atom. The molecule has 0 saturated carbocycles. The summed E-state index contributed by atoms with van der Waals surface area (Å²) >= 11 is 0. The molecule has 2 N–H and O–H groups in total. The SMILES string of the molecule is CC(=O)CCCC/C=C\C/C=C\CCCCCCCCC(CCCCCCCC/C=C\C/C=C\CCCOC(C)=O)OC(=O)CCCN(C)C.CN(C)CCCC(=O)OC(CCCCCCCC/C=C\C/C=C\CCCO)CCCCCCCC/C=C\C/C=C\CCCO. The maximum absolute atomic E-state index is 12.5. The molecule has 544 valence electrons. The molecule has 0 aromatic rings. The Morgan fingerprint density at radius 2 is 0.564 bits per heavy atom. The van der Waals surface area contributed by atoms with Gasteiger partial charge in [-0.1, -0.05) is 200 Å². The van der Waals surface area contributed by atoms with Crippen molar-refractivity contribution < 1.29 is 43.6 Å². The molecule has 0 rings (SSSR count). The van der Waals surface area contributed by atoms with Crippen LogP contribution in [-0.2, 0) is 33.4 Å². The minimum atomic E-state index is -0.204. The highest BCUT2D eigenvalue weighted by Gasteiger charge is 2.16. The van der Waals surface area contributed by atoms with Gasteiger partial charge in [-0.25, -0.2) is 0 Å². The van der Waals surface area contributed by atoms with Crippen molar-refractivity contribution in [1.29, 1.82) is 0 Å². The Hall–Kier alpha value is -4.16. The lowest BCUT2D eigenvalue weighted by Crippen LogP contribution is -2.20. The van der Waals surface area contributed by atoms with E-state index in [0.29, 0.717) is 31.7 Å². The number of carbonyl (C=O) groups is 4. The lowest BCUT2D eigenvalue weighted by Gasteiger charge is -2.18. The molecule has 0 fully saturated rings. The van der Waals surface area contributed by atoms with Crippen LogP contribution in [0.15, 0.2) is 97.2 Å². The van der Waals surface area contributed by atoms with Gasteiger partial charge in [0.05, 0.1) is 6.61 Å². The van der Waals surface area contributed by atoms with E-state index in [9.17, 15) is 19.2 Å². The van der Waals surface area contributed by atoms with Crippen molar-refractivity contribution in [3.8, 4) is 0 Å². The molecule has 0 aliphatic heterocycles. The Bertz CT molecular complexity index is 1790. The van der Waals surface area contributed by atoms with E-state index in [1.54, 1.807) is 6.92 Å². The van der Waals surface area contributed by atoms with Crippen molar-refractivity contribution in [3.63, 3.8) is 0 Å². The first-order valence-electron chi connectivity index (χ1n) is 38.6. The number of esters is 3. The molecule has 1 atom stereocenters. The van der Waals surface area contributed by atoms with Gasteiger partial charge in [-0.15, -0.1) is 0 Å². The maximum atomic E-state index is 12.5. The number of ether oxygens (including phenoxy) is 3. The Balaban J connectivity index is 0. The number of rotatable bonds is 69. The fourth-order valence-electron chi connectivity index (χ4n) is 11.0. The molecule has 0 aliphatic rings. The van der Waals surface area contributed by atoms with Gasteiger partial charge in [-0.2, -0.15) is 0 Å². The summed E-state index contributed by atoms with van der Waals surface area (Å²) in [6.45, 7) is 6.03. The molecule has 0 spiro atoms. The normalized spacial score (nSPS) is 12.5. The number of Topliss-reactive ketones (excluding diaryl/α,β-unsaturated/α-hetero) is 1. The Kier molecular flexibility index (Phi) is 76.1. The third kappa shape index (κ3) is 82.1. The summed E-state index contributed by atoms with van der Waals surface area (Å²) in [5.74, 6) is 0.0550. The summed E-state index contributed by atoms with van der Waals surface area (Å²) in [4.78, 5) is 51.0. The summed E-state index contributed by atoms with van der Waals surface area (Å²) in [5.41, 5.74) is 0. The van der Waals surface area contributed by atoms with Crippen LogP contribution in [-0.4, -0.2) is 117 Å². The quantitative estimate of drug-likeness (QED) is 0.0260. The van der Waals surface area contributed by atoms with Crippen LogP contribution in [0.5, 0.6) is 0 Å². The monoisotopic (exact) mass is 1320 g/mol. The minimum Gasteiger partial charge on any atom is -0.466 e. The van der Waals surface area contributed by atoms with Gasteiger partial charge < -0.3 is 39.0 Å². The average Bonchev–Trinajstić information content (AvgIpc) is 3.71. The fourth-order valence-corrected chi connectivity index (χ4v) is 11.0. The van der Waals surface area contributed by atoms with E-state index < -0.39 is 0 Å². The number of aliphatic hydroxyl groups excluding tert-OH is 2. The van der Waals surface area contributed by atoms with Crippen LogP contribution in [0.2, 0.25) is 0 Å². The molecular weight excluding hydrogens is 1170 g/mol. The minimum absolute atomic E-state index is 0.0146. The predicted molar refractivity (Wildman–Crippen MR) is 402 cm³/mol. The van der Waals surface area contributed by atoms with Gasteiger partial charge in [-0.05, 0) is 247 Å². The number of aliphatic hydroxyl groups is 2. The number of hydrogen-bond donors (Lipinski definition) is 2. The van der Waals surface area contributed by atoms with E-state index >= 15 is 0 Å². The number of nitrogens with zero attached hydrogens (tertiary/aromatic N) is 2. The van der Waals surface area contributed by atoms with Crippen molar-refractivity contribution in [1.82, 2.24) is 9.80 Å². The first-order chi connectivity index (χ1) is 45.9. The molecule has 11 heteroatoms. The number of carbonyl (C=O) groups excluding carboxylic acids is 4. The second kappa shape index (κ2) is 77.8. The standard InChI is InChI=1S/C44H77NO5.C39H71NO4/c1-41(46)35-30-26-22-18-14-10-6-5-7-11-15-19-23-27-31-36-43(50-44(48)38-34-39-45(3)4)37-32-28-24-20-16-12-8-9-13-17-21-25-29-33-40-49-42(2)47;1-40(2)35-31-34-39(43)44-38(32-27-23-19-15-11-7-3-5-9-13-17-21-25-29-36-41)33-28-24-20-16-12-8-4-6-10-14-18-22-26-30-37-42/h5-6,9,13-14,18,21,25,43H,7-8,10-12,15-17,19-20,22-24,26-40H2,1-4H3;5-6,9-10,17-18,21-22,38,41-42H,3-4,7-8,11-16,19-20,23-37H2,1-2H3/b6-5-,13-9-,18-14-,25-21-;9-5-,10-6-,21-17-,22-18-. The molecule has 0 aromatic heterocycles. The van der Waals surface area contributed by atoms with Gasteiger partial charge in [0.2, 0.25) is 0 Å². The zero-order chi connectivity index (χ0) is 68.9. The third-order valence-corrected chi connectivity index (χ3v) is 16.6. The van der Waals surface area contributed by atoms with Gasteiger partial charge in [0.1, 0.15) is 18.0 Å². The molecule has 0 aromatic carbocycles. The Labute approximate surface area is 579 Å². The molecule has 0 amide bonds. The van der Waals surface area contributed by atoms with Crippen molar-refractivity contribution in [3.05, 3.63) is 97.2 Å². The first-order valence-corrected chi connectivity index (χ1v) is 38.6. The maximum Gasteiger partial charge on any atom is 0.306 e. The zero-order valence-corrected chi connectivity index (χ0v) is 61.9. The van der Waals surface area contributed by atoms with E-state index in [1.165, 1.54) is 148 Å².